The van der Waals surface area contributed by atoms with Crippen LogP contribution in [-0.4, -0.2) is 12.0 Å². The number of rotatable bonds is 6. The molecule has 2 N–H and O–H groups in total. The molecule has 0 radical (unpaired) electrons. The zero-order valence-electron chi connectivity index (χ0n) is 14.3. The maximum absolute atomic E-state index is 12.3. The van der Waals surface area contributed by atoms with Gasteiger partial charge in [-0.3, -0.25) is 4.79 Å². The first-order valence-corrected chi connectivity index (χ1v) is 8.63. The predicted molar refractivity (Wildman–Crippen MR) is 106 cm³/mol. The van der Waals surface area contributed by atoms with Crippen LogP contribution in [0.4, 0.5) is 17.1 Å². The van der Waals surface area contributed by atoms with Crippen LogP contribution >= 0.6 is 11.6 Å². The molecule has 3 rings (SSSR count). The monoisotopic (exact) mass is 366 g/mol. The number of benzene rings is 3. The molecule has 0 saturated heterocycles. The molecule has 3 aromatic rings. The molecule has 0 fully saturated rings. The summed E-state index contributed by atoms with van der Waals surface area (Å²) in [6.07, 6.45) is -0.643. The van der Waals surface area contributed by atoms with E-state index in [0.29, 0.717) is 16.5 Å². The molecular formula is C21H19ClN2O2. The number of hydrogen-bond donors (Lipinski definition) is 2. The number of hydrogen-bond acceptors (Lipinski definition) is 3. The summed E-state index contributed by atoms with van der Waals surface area (Å²) in [5.74, 6) is 0.330. The summed E-state index contributed by atoms with van der Waals surface area (Å²) in [7, 11) is 0. The van der Waals surface area contributed by atoms with Crippen molar-refractivity contribution in [1.82, 2.24) is 0 Å². The quantitative estimate of drug-likeness (QED) is 0.606. The summed E-state index contributed by atoms with van der Waals surface area (Å²) < 4.78 is 5.62. The third-order valence-electron chi connectivity index (χ3n) is 3.69. The van der Waals surface area contributed by atoms with E-state index in [1.54, 1.807) is 31.2 Å². The van der Waals surface area contributed by atoms with Crippen LogP contribution in [0.5, 0.6) is 5.75 Å². The fourth-order valence-electron chi connectivity index (χ4n) is 2.37. The Kier molecular flexibility index (Phi) is 5.77. The van der Waals surface area contributed by atoms with Gasteiger partial charge >= 0.3 is 0 Å². The first kappa shape index (κ1) is 17.8. The van der Waals surface area contributed by atoms with Gasteiger partial charge in [0.05, 0.1) is 0 Å². The minimum atomic E-state index is -0.643. The van der Waals surface area contributed by atoms with Crippen molar-refractivity contribution in [3.63, 3.8) is 0 Å². The normalized spacial score (nSPS) is 11.5. The average Bonchev–Trinajstić information content (AvgIpc) is 2.64. The third-order valence-corrected chi connectivity index (χ3v) is 3.93. The fourth-order valence-corrected chi connectivity index (χ4v) is 2.55. The predicted octanol–water partition coefficient (Wildman–Crippen LogP) is 5.49. The highest BCUT2D eigenvalue weighted by atomic mass is 35.5. The standard InChI is InChI=1S/C21H19ClN2O2/c1-15(26-20-9-5-6-16(22)14-20)21(25)24-19-12-10-18(11-13-19)23-17-7-3-2-4-8-17/h2-15,23H,1H3,(H,24,25)/t15-/m1/s1. The molecule has 0 saturated carbocycles. The van der Waals surface area contributed by atoms with Crippen molar-refractivity contribution >= 4 is 34.6 Å². The number of halogens is 1. The Morgan fingerprint density at radius 3 is 2.23 bits per heavy atom. The van der Waals surface area contributed by atoms with Gasteiger partial charge in [-0.05, 0) is 61.5 Å². The number of carbonyl (C=O) groups excluding carboxylic acids is 1. The largest absolute Gasteiger partial charge is 0.481 e. The van der Waals surface area contributed by atoms with Crippen LogP contribution < -0.4 is 15.4 Å². The second-order valence-electron chi connectivity index (χ2n) is 5.78. The van der Waals surface area contributed by atoms with E-state index < -0.39 is 6.10 Å². The van der Waals surface area contributed by atoms with Gasteiger partial charge in [-0.25, -0.2) is 0 Å². The Hall–Kier alpha value is -2.98. The Balaban J connectivity index is 1.57. The summed E-state index contributed by atoms with van der Waals surface area (Å²) in [6, 6.07) is 24.4. The first-order chi connectivity index (χ1) is 12.6. The number of para-hydroxylation sites is 1. The van der Waals surface area contributed by atoms with E-state index >= 15 is 0 Å². The maximum atomic E-state index is 12.3. The van der Waals surface area contributed by atoms with Crippen molar-refractivity contribution in [2.45, 2.75) is 13.0 Å². The molecule has 3 aromatic carbocycles. The zero-order valence-corrected chi connectivity index (χ0v) is 15.0. The van der Waals surface area contributed by atoms with Gasteiger partial charge in [0.2, 0.25) is 0 Å². The Morgan fingerprint density at radius 2 is 1.54 bits per heavy atom. The van der Waals surface area contributed by atoms with Crippen molar-refractivity contribution in [3.05, 3.63) is 83.9 Å². The molecule has 0 unspecified atom stereocenters. The van der Waals surface area contributed by atoms with Crippen molar-refractivity contribution in [2.24, 2.45) is 0 Å². The van der Waals surface area contributed by atoms with Crippen LogP contribution in [0.25, 0.3) is 0 Å². The zero-order chi connectivity index (χ0) is 18.4. The molecule has 0 aromatic heterocycles. The lowest BCUT2D eigenvalue weighted by Crippen LogP contribution is -2.30. The van der Waals surface area contributed by atoms with Crippen molar-refractivity contribution in [2.75, 3.05) is 10.6 Å². The average molecular weight is 367 g/mol. The highest BCUT2D eigenvalue weighted by molar-refractivity contribution is 6.30. The Bertz CT molecular complexity index is 867. The SMILES string of the molecule is C[C@@H](Oc1cccc(Cl)c1)C(=O)Nc1ccc(Nc2ccccc2)cc1. The Morgan fingerprint density at radius 1 is 0.885 bits per heavy atom. The highest BCUT2D eigenvalue weighted by Gasteiger charge is 2.15. The highest BCUT2D eigenvalue weighted by Crippen LogP contribution is 2.20. The molecule has 1 amide bonds. The van der Waals surface area contributed by atoms with Gasteiger partial charge in [0.15, 0.2) is 6.10 Å². The number of nitrogens with one attached hydrogen (secondary N) is 2. The van der Waals surface area contributed by atoms with Crippen molar-refractivity contribution in [1.29, 1.82) is 0 Å². The first-order valence-electron chi connectivity index (χ1n) is 8.25. The molecule has 0 aliphatic rings. The molecule has 0 aliphatic carbocycles. The lowest BCUT2D eigenvalue weighted by atomic mass is 10.2. The number of amides is 1. The van der Waals surface area contributed by atoms with E-state index in [9.17, 15) is 4.79 Å². The van der Waals surface area contributed by atoms with Crippen LogP contribution in [-0.2, 0) is 4.79 Å². The number of carbonyl (C=O) groups is 1. The second-order valence-corrected chi connectivity index (χ2v) is 6.21. The van der Waals surface area contributed by atoms with E-state index in [1.165, 1.54) is 0 Å². The fraction of sp³-hybridized carbons (Fsp3) is 0.0952. The summed E-state index contributed by atoms with van der Waals surface area (Å²) in [4.78, 5) is 12.3. The minimum absolute atomic E-state index is 0.228. The van der Waals surface area contributed by atoms with Gasteiger partial charge in [0, 0.05) is 22.1 Å². The van der Waals surface area contributed by atoms with Gasteiger partial charge < -0.3 is 15.4 Å². The topological polar surface area (TPSA) is 50.4 Å². The molecule has 4 nitrogen and oxygen atoms in total. The van der Waals surface area contributed by atoms with Crippen molar-refractivity contribution in [3.8, 4) is 5.75 Å². The van der Waals surface area contributed by atoms with Gasteiger partial charge in [-0.2, -0.15) is 0 Å². The lowest BCUT2D eigenvalue weighted by molar-refractivity contribution is -0.122. The summed E-state index contributed by atoms with van der Waals surface area (Å²) >= 11 is 5.92. The van der Waals surface area contributed by atoms with Gasteiger partial charge in [0.25, 0.3) is 5.91 Å². The van der Waals surface area contributed by atoms with Crippen LogP contribution in [0, 0.1) is 0 Å². The third kappa shape index (κ3) is 5.01. The molecule has 26 heavy (non-hydrogen) atoms. The van der Waals surface area contributed by atoms with E-state index in [2.05, 4.69) is 10.6 Å². The van der Waals surface area contributed by atoms with E-state index in [-0.39, 0.29) is 5.91 Å². The van der Waals surface area contributed by atoms with Gasteiger partial charge in [0.1, 0.15) is 5.75 Å². The summed E-state index contributed by atoms with van der Waals surface area (Å²) in [5, 5.41) is 6.70. The second kappa shape index (κ2) is 8.41. The molecule has 0 spiro atoms. The van der Waals surface area contributed by atoms with Gasteiger partial charge in [-0.15, -0.1) is 0 Å². The van der Waals surface area contributed by atoms with Crippen LogP contribution in [0.1, 0.15) is 6.92 Å². The van der Waals surface area contributed by atoms with E-state index in [4.69, 9.17) is 16.3 Å². The minimum Gasteiger partial charge on any atom is -0.481 e. The smallest absolute Gasteiger partial charge is 0.265 e. The molecule has 5 heteroatoms. The summed E-state index contributed by atoms with van der Waals surface area (Å²) in [5.41, 5.74) is 2.65. The van der Waals surface area contributed by atoms with E-state index in [0.717, 1.165) is 11.4 Å². The molecular weight excluding hydrogens is 348 g/mol. The maximum Gasteiger partial charge on any atom is 0.265 e. The van der Waals surface area contributed by atoms with Gasteiger partial charge in [-0.1, -0.05) is 35.9 Å². The van der Waals surface area contributed by atoms with E-state index in [1.807, 2.05) is 54.6 Å². The molecule has 0 heterocycles. The molecule has 1 atom stereocenters. The van der Waals surface area contributed by atoms with Crippen LogP contribution in [0.3, 0.4) is 0 Å². The number of ether oxygens (including phenoxy) is 1. The molecule has 0 bridgehead atoms. The molecule has 0 aliphatic heterocycles. The Labute approximate surface area is 157 Å². The number of anilines is 3. The lowest BCUT2D eigenvalue weighted by Gasteiger charge is -2.15. The van der Waals surface area contributed by atoms with Crippen LogP contribution in [0.15, 0.2) is 78.9 Å². The summed E-state index contributed by atoms with van der Waals surface area (Å²) in [6.45, 7) is 1.70. The molecule has 132 valence electrons. The van der Waals surface area contributed by atoms with Crippen molar-refractivity contribution < 1.29 is 9.53 Å². The van der Waals surface area contributed by atoms with Crippen LogP contribution in [0.2, 0.25) is 5.02 Å².